The quantitative estimate of drug-likeness (QED) is 0.779. The summed E-state index contributed by atoms with van der Waals surface area (Å²) in [6.07, 6.45) is 2.31. The lowest BCUT2D eigenvalue weighted by atomic mass is 10.3. The predicted octanol–water partition coefficient (Wildman–Crippen LogP) is 0.766. The van der Waals surface area contributed by atoms with E-state index in [-0.39, 0.29) is 10.7 Å². The summed E-state index contributed by atoms with van der Waals surface area (Å²) in [5, 5.41) is 3.67. The van der Waals surface area contributed by atoms with E-state index in [1.807, 2.05) is 4.90 Å². The first-order valence-electron chi connectivity index (χ1n) is 7.77. The largest absolute Gasteiger partial charge is 0.360 e. The number of nitrogens with zero attached hydrogens (tertiary/aromatic N) is 4. The molecule has 3 rings (SSSR count). The van der Waals surface area contributed by atoms with Crippen molar-refractivity contribution in [2.24, 2.45) is 0 Å². The Labute approximate surface area is 145 Å². The van der Waals surface area contributed by atoms with Crippen LogP contribution in [-0.4, -0.2) is 56.0 Å². The van der Waals surface area contributed by atoms with E-state index < -0.39 is 10.0 Å². The van der Waals surface area contributed by atoms with Crippen LogP contribution in [0.15, 0.2) is 27.7 Å². The van der Waals surface area contributed by atoms with Gasteiger partial charge in [-0.1, -0.05) is 5.16 Å². The lowest BCUT2D eigenvalue weighted by molar-refractivity contribution is -0.118. The van der Waals surface area contributed by atoms with Crippen molar-refractivity contribution in [1.29, 1.82) is 0 Å². The van der Waals surface area contributed by atoms with Gasteiger partial charge in [-0.3, -0.25) is 9.52 Å². The van der Waals surface area contributed by atoms with E-state index in [0.717, 1.165) is 12.2 Å². The highest BCUT2D eigenvalue weighted by atomic mass is 32.2. The van der Waals surface area contributed by atoms with Gasteiger partial charge in [0.1, 0.15) is 11.5 Å². The van der Waals surface area contributed by atoms with Gasteiger partial charge >= 0.3 is 0 Å². The summed E-state index contributed by atoms with van der Waals surface area (Å²) < 4.78 is 32.3. The number of sulfonamides is 1. The molecule has 0 atom stereocenters. The molecule has 10 heteroatoms. The van der Waals surface area contributed by atoms with Crippen molar-refractivity contribution < 1.29 is 17.7 Å². The fraction of sp³-hybridized carbons (Fsp3) is 0.400. The molecule has 0 aliphatic carbocycles. The van der Waals surface area contributed by atoms with Crippen LogP contribution >= 0.6 is 0 Å². The number of aryl methyl sites for hydroxylation is 2. The Morgan fingerprint density at radius 1 is 1.20 bits per heavy atom. The molecule has 1 fully saturated rings. The first kappa shape index (κ1) is 17.2. The Hall–Kier alpha value is -2.62. The number of nitrogens with one attached hydrogen (secondary N) is 1. The lowest BCUT2D eigenvalue weighted by Crippen LogP contribution is -2.46. The molecule has 25 heavy (non-hydrogen) atoms. The second kappa shape index (κ2) is 6.71. The van der Waals surface area contributed by atoms with Gasteiger partial charge in [0, 0.05) is 26.2 Å². The van der Waals surface area contributed by atoms with Crippen LogP contribution < -0.4 is 9.62 Å². The monoisotopic (exact) mass is 365 g/mol. The number of piperazine rings is 1. The molecule has 0 aromatic carbocycles. The smallest absolute Gasteiger partial charge is 0.267 e. The summed E-state index contributed by atoms with van der Waals surface area (Å²) in [4.78, 5) is 18.9. The Kier molecular flexibility index (Phi) is 4.62. The van der Waals surface area contributed by atoms with Crippen LogP contribution in [0.1, 0.15) is 11.5 Å². The van der Waals surface area contributed by atoms with E-state index in [1.165, 1.54) is 6.20 Å². The van der Waals surface area contributed by atoms with E-state index in [2.05, 4.69) is 14.9 Å². The molecule has 0 spiro atoms. The second-order valence-corrected chi connectivity index (χ2v) is 7.41. The van der Waals surface area contributed by atoms with Gasteiger partial charge in [0.25, 0.3) is 10.0 Å². The van der Waals surface area contributed by atoms with E-state index in [1.54, 1.807) is 30.9 Å². The molecule has 0 bridgehead atoms. The first-order valence-corrected chi connectivity index (χ1v) is 9.25. The summed E-state index contributed by atoms with van der Waals surface area (Å²) in [5.41, 5.74) is 0.665. The molecule has 134 valence electrons. The van der Waals surface area contributed by atoms with Gasteiger partial charge < -0.3 is 14.3 Å². The van der Waals surface area contributed by atoms with Gasteiger partial charge in [0.05, 0.1) is 11.9 Å². The highest BCUT2D eigenvalue weighted by Gasteiger charge is 2.24. The van der Waals surface area contributed by atoms with Crippen LogP contribution in [0.25, 0.3) is 0 Å². The molecule has 2 aromatic heterocycles. The minimum absolute atomic E-state index is 0.0431. The van der Waals surface area contributed by atoms with Crippen LogP contribution in [-0.2, 0) is 14.8 Å². The maximum Gasteiger partial charge on any atom is 0.267 e. The van der Waals surface area contributed by atoms with Crippen LogP contribution in [0, 0.1) is 13.8 Å². The number of carbonyl (C=O) groups is 1. The number of carbonyl (C=O) groups excluding carboxylic acids is 1. The summed E-state index contributed by atoms with van der Waals surface area (Å²) in [7, 11) is -3.79. The Balaban J connectivity index is 1.72. The molecule has 0 radical (unpaired) electrons. The van der Waals surface area contributed by atoms with E-state index in [9.17, 15) is 13.2 Å². The molecule has 3 heterocycles. The third-order valence-corrected chi connectivity index (χ3v) is 5.65. The number of anilines is 2. The normalized spacial score (nSPS) is 15.3. The summed E-state index contributed by atoms with van der Waals surface area (Å²) in [6.45, 7) is 5.79. The molecule has 1 aliphatic rings. The number of hydrogen-bond acceptors (Lipinski definition) is 7. The first-order chi connectivity index (χ1) is 11.9. The standard InChI is InChI=1S/C15H19N5O4S/c1-11-15(12(2)24-17-11)25(22,23)18-13-3-4-14(16-9-13)20-7-5-19(10-21)6-8-20/h3-4,9-10,18H,5-8H2,1-2H3. The van der Waals surface area contributed by atoms with E-state index in [0.29, 0.717) is 37.6 Å². The van der Waals surface area contributed by atoms with Gasteiger partial charge in [0.2, 0.25) is 6.41 Å². The molecule has 1 aliphatic heterocycles. The molecule has 1 N–H and O–H groups in total. The minimum Gasteiger partial charge on any atom is -0.360 e. The van der Waals surface area contributed by atoms with Crippen molar-refractivity contribution in [1.82, 2.24) is 15.0 Å². The van der Waals surface area contributed by atoms with Gasteiger partial charge in [-0.2, -0.15) is 0 Å². The molecule has 0 saturated carbocycles. The number of rotatable bonds is 5. The summed E-state index contributed by atoms with van der Waals surface area (Å²) in [5.74, 6) is 0.980. The van der Waals surface area contributed by atoms with Gasteiger partial charge in [0.15, 0.2) is 10.7 Å². The van der Waals surface area contributed by atoms with Gasteiger partial charge in [-0.15, -0.1) is 0 Å². The maximum atomic E-state index is 12.5. The van der Waals surface area contributed by atoms with E-state index in [4.69, 9.17) is 4.52 Å². The molecule has 1 amide bonds. The fourth-order valence-corrected chi connectivity index (χ4v) is 4.13. The molecule has 1 saturated heterocycles. The van der Waals surface area contributed by atoms with Crippen LogP contribution in [0.4, 0.5) is 11.5 Å². The molecular weight excluding hydrogens is 346 g/mol. The van der Waals surface area contributed by atoms with Crippen LogP contribution in [0.5, 0.6) is 0 Å². The molecular formula is C15H19N5O4S. The molecule has 9 nitrogen and oxygen atoms in total. The third-order valence-electron chi connectivity index (χ3n) is 4.02. The van der Waals surface area contributed by atoms with Crippen molar-refractivity contribution >= 4 is 27.9 Å². The molecule has 2 aromatic rings. The average molecular weight is 365 g/mol. The van der Waals surface area contributed by atoms with Crippen molar-refractivity contribution in [3.05, 3.63) is 29.8 Å². The zero-order valence-corrected chi connectivity index (χ0v) is 14.8. The number of aromatic nitrogens is 2. The van der Waals surface area contributed by atoms with Crippen molar-refractivity contribution in [2.45, 2.75) is 18.7 Å². The zero-order chi connectivity index (χ0) is 18.0. The number of pyridine rings is 1. The Morgan fingerprint density at radius 3 is 2.44 bits per heavy atom. The van der Waals surface area contributed by atoms with Crippen molar-refractivity contribution in [3.8, 4) is 0 Å². The third kappa shape index (κ3) is 3.58. The average Bonchev–Trinajstić information content (AvgIpc) is 2.95. The van der Waals surface area contributed by atoms with E-state index >= 15 is 0 Å². The minimum atomic E-state index is -3.79. The SMILES string of the molecule is Cc1noc(C)c1S(=O)(=O)Nc1ccc(N2CCN(C=O)CC2)nc1. The molecule has 0 unspecified atom stereocenters. The highest BCUT2D eigenvalue weighted by Crippen LogP contribution is 2.23. The van der Waals surface area contributed by atoms with Crippen molar-refractivity contribution in [3.63, 3.8) is 0 Å². The summed E-state index contributed by atoms with van der Waals surface area (Å²) >= 11 is 0. The van der Waals surface area contributed by atoms with Crippen LogP contribution in [0.2, 0.25) is 0 Å². The van der Waals surface area contributed by atoms with Gasteiger partial charge in [-0.25, -0.2) is 13.4 Å². The number of hydrogen-bond donors (Lipinski definition) is 1. The second-order valence-electron chi connectivity index (χ2n) is 5.79. The highest BCUT2D eigenvalue weighted by molar-refractivity contribution is 7.92. The van der Waals surface area contributed by atoms with Crippen molar-refractivity contribution in [2.75, 3.05) is 35.8 Å². The predicted molar refractivity (Wildman–Crippen MR) is 90.9 cm³/mol. The van der Waals surface area contributed by atoms with Gasteiger partial charge in [-0.05, 0) is 26.0 Å². The van der Waals surface area contributed by atoms with Crippen LogP contribution in [0.3, 0.4) is 0 Å². The Morgan fingerprint density at radius 2 is 1.92 bits per heavy atom. The maximum absolute atomic E-state index is 12.5. The lowest BCUT2D eigenvalue weighted by Gasteiger charge is -2.33. The summed E-state index contributed by atoms with van der Waals surface area (Å²) in [6, 6.07) is 3.41. The Bertz CT molecular complexity index is 835. The zero-order valence-electron chi connectivity index (χ0n) is 14.0. The topological polar surface area (TPSA) is 109 Å². The number of amides is 1. The fourth-order valence-electron chi connectivity index (χ4n) is 2.75.